The molecule has 0 heterocycles. The molecule has 0 spiro atoms. The van der Waals surface area contributed by atoms with E-state index >= 15 is 0 Å². The fourth-order valence-electron chi connectivity index (χ4n) is 4.81. The first-order chi connectivity index (χ1) is 11.8. The van der Waals surface area contributed by atoms with E-state index in [9.17, 15) is 26.3 Å². The first kappa shape index (κ1) is 18.6. The summed E-state index contributed by atoms with van der Waals surface area (Å²) in [6, 6.07) is 1.29. The first-order valence-electron chi connectivity index (χ1n) is 8.92. The van der Waals surface area contributed by atoms with E-state index < -0.39 is 41.4 Å². The van der Waals surface area contributed by atoms with Crippen molar-refractivity contribution in [3.05, 3.63) is 35.1 Å². The third kappa shape index (κ3) is 3.28. The maximum atomic E-state index is 14.8. The highest BCUT2D eigenvalue weighted by Crippen LogP contribution is 2.55. The number of hydrogen-bond donors (Lipinski definition) is 0. The maximum absolute atomic E-state index is 14.8. The average Bonchev–Trinajstić information content (AvgIpc) is 2.93. The van der Waals surface area contributed by atoms with Gasteiger partial charge >= 0.3 is 0 Å². The molecule has 1 aromatic rings. The fourth-order valence-corrected chi connectivity index (χ4v) is 4.81. The topological polar surface area (TPSA) is 0 Å². The molecule has 25 heavy (non-hydrogen) atoms. The molecule has 1 aromatic carbocycles. The predicted octanol–water partition coefficient (Wildman–Crippen LogP) is 6.40. The van der Waals surface area contributed by atoms with E-state index in [1.165, 1.54) is 0 Å². The third-order valence-electron chi connectivity index (χ3n) is 5.99. The molecule has 2 aliphatic carbocycles. The fraction of sp³-hybridized carbons (Fsp3) is 0.684. The Bertz CT molecular complexity index is 605. The van der Waals surface area contributed by atoms with Gasteiger partial charge in [0.1, 0.15) is 0 Å². The Kier molecular flexibility index (Phi) is 5.09. The van der Waals surface area contributed by atoms with Gasteiger partial charge in [0, 0.05) is 11.8 Å². The molecule has 0 saturated heterocycles. The van der Waals surface area contributed by atoms with E-state index in [-0.39, 0.29) is 23.8 Å². The zero-order valence-electron chi connectivity index (χ0n) is 14.1. The Balaban J connectivity index is 1.89. The van der Waals surface area contributed by atoms with Gasteiger partial charge in [0.2, 0.25) is 0 Å². The number of alkyl halides is 3. The van der Waals surface area contributed by atoms with Gasteiger partial charge in [-0.2, -0.15) is 0 Å². The lowest BCUT2D eigenvalue weighted by Gasteiger charge is -2.30. The van der Waals surface area contributed by atoms with Gasteiger partial charge in [-0.15, -0.1) is 0 Å². The Morgan fingerprint density at radius 2 is 1.68 bits per heavy atom. The molecule has 2 aliphatic rings. The van der Waals surface area contributed by atoms with E-state index in [0.717, 1.165) is 12.8 Å². The molecule has 0 bridgehead atoms. The van der Waals surface area contributed by atoms with Crippen LogP contribution in [-0.2, 0) is 0 Å². The van der Waals surface area contributed by atoms with Crippen molar-refractivity contribution in [1.29, 1.82) is 0 Å². The Morgan fingerprint density at radius 1 is 1.04 bits per heavy atom. The van der Waals surface area contributed by atoms with Crippen LogP contribution in [0.4, 0.5) is 26.3 Å². The lowest BCUT2D eigenvalue weighted by atomic mass is 9.85. The van der Waals surface area contributed by atoms with Crippen LogP contribution in [0.2, 0.25) is 0 Å². The quantitative estimate of drug-likeness (QED) is 0.430. The molecule has 5 unspecified atom stereocenters. The molecule has 0 nitrogen and oxygen atoms in total. The largest absolute Gasteiger partial charge is 0.282 e. The van der Waals surface area contributed by atoms with Gasteiger partial charge in [0.15, 0.2) is 23.6 Å². The van der Waals surface area contributed by atoms with E-state index in [0.29, 0.717) is 31.4 Å². The molecule has 0 aromatic heterocycles. The van der Waals surface area contributed by atoms with Crippen molar-refractivity contribution in [3.63, 3.8) is 0 Å². The van der Waals surface area contributed by atoms with Crippen molar-refractivity contribution in [2.75, 3.05) is 0 Å². The Hall–Kier alpha value is -1.20. The highest BCUT2D eigenvalue weighted by Gasteiger charge is 2.58. The van der Waals surface area contributed by atoms with Crippen molar-refractivity contribution in [3.8, 4) is 0 Å². The summed E-state index contributed by atoms with van der Waals surface area (Å²) in [5, 5.41) is 0. The van der Waals surface area contributed by atoms with Crippen LogP contribution in [0.5, 0.6) is 0 Å². The standard InChI is InChI=1S/C19H22F6/c1-2-3-10-6-11-4-5-13(18(23)19(24,25)14(11)7-10)12-8-15(20)17(22)16(21)9-12/h8-11,13-14,18H,2-7H2,1H3. The number of rotatable bonds is 3. The van der Waals surface area contributed by atoms with Gasteiger partial charge in [0.25, 0.3) is 5.92 Å². The highest BCUT2D eigenvalue weighted by atomic mass is 19.3. The smallest absolute Gasteiger partial charge is 0.240 e. The third-order valence-corrected chi connectivity index (χ3v) is 5.99. The molecular formula is C19H22F6. The number of benzene rings is 1. The zero-order chi connectivity index (χ0) is 18.4. The predicted molar refractivity (Wildman–Crippen MR) is 82.7 cm³/mol. The van der Waals surface area contributed by atoms with E-state index in [1.54, 1.807) is 0 Å². The summed E-state index contributed by atoms with van der Waals surface area (Å²) in [4.78, 5) is 0. The highest BCUT2D eigenvalue weighted by molar-refractivity contribution is 5.26. The molecule has 0 aliphatic heterocycles. The van der Waals surface area contributed by atoms with Crippen molar-refractivity contribution in [2.45, 2.75) is 63.5 Å². The molecule has 140 valence electrons. The van der Waals surface area contributed by atoms with Crippen LogP contribution in [0.25, 0.3) is 0 Å². The average molecular weight is 364 g/mol. The van der Waals surface area contributed by atoms with E-state index in [4.69, 9.17) is 0 Å². The van der Waals surface area contributed by atoms with Gasteiger partial charge in [-0.1, -0.05) is 19.8 Å². The van der Waals surface area contributed by atoms with Gasteiger partial charge in [-0.3, -0.25) is 0 Å². The lowest BCUT2D eigenvalue weighted by Crippen LogP contribution is -2.41. The molecule has 0 amide bonds. The molecule has 0 radical (unpaired) electrons. The minimum Gasteiger partial charge on any atom is -0.240 e. The second-order valence-electron chi connectivity index (χ2n) is 7.55. The minimum absolute atomic E-state index is 0.0846. The van der Waals surface area contributed by atoms with Crippen molar-refractivity contribution in [2.24, 2.45) is 17.8 Å². The first-order valence-corrected chi connectivity index (χ1v) is 8.92. The van der Waals surface area contributed by atoms with Gasteiger partial charge < -0.3 is 0 Å². The summed E-state index contributed by atoms with van der Waals surface area (Å²) in [6.45, 7) is 2.00. The Morgan fingerprint density at radius 3 is 2.28 bits per heavy atom. The number of fused-ring (bicyclic) bond motifs is 1. The van der Waals surface area contributed by atoms with Crippen molar-refractivity contribution < 1.29 is 26.3 Å². The van der Waals surface area contributed by atoms with Crippen molar-refractivity contribution in [1.82, 2.24) is 0 Å². The number of hydrogen-bond acceptors (Lipinski definition) is 0. The minimum atomic E-state index is -3.55. The molecule has 0 N–H and O–H groups in total. The maximum Gasteiger partial charge on any atom is 0.282 e. The van der Waals surface area contributed by atoms with Crippen LogP contribution in [0.15, 0.2) is 12.1 Å². The monoisotopic (exact) mass is 364 g/mol. The Labute approximate surface area is 143 Å². The van der Waals surface area contributed by atoms with Crippen LogP contribution >= 0.6 is 0 Å². The molecular weight excluding hydrogens is 342 g/mol. The second-order valence-corrected chi connectivity index (χ2v) is 7.55. The van der Waals surface area contributed by atoms with Crippen LogP contribution in [0, 0.1) is 35.2 Å². The van der Waals surface area contributed by atoms with Crippen LogP contribution < -0.4 is 0 Å². The van der Waals surface area contributed by atoms with Crippen LogP contribution in [0.3, 0.4) is 0 Å². The van der Waals surface area contributed by atoms with Crippen LogP contribution in [-0.4, -0.2) is 12.1 Å². The van der Waals surface area contributed by atoms with Gasteiger partial charge in [0.05, 0.1) is 0 Å². The summed E-state index contributed by atoms with van der Waals surface area (Å²) < 4.78 is 84.4. The molecule has 2 fully saturated rings. The second kappa shape index (κ2) is 6.84. The molecule has 3 rings (SSSR count). The summed E-state index contributed by atoms with van der Waals surface area (Å²) >= 11 is 0. The summed E-state index contributed by atoms with van der Waals surface area (Å²) in [6.07, 6.45) is 0.675. The number of halogens is 6. The lowest BCUT2D eigenvalue weighted by molar-refractivity contribution is -0.128. The summed E-state index contributed by atoms with van der Waals surface area (Å²) in [5.74, 6) is -10.6. The molecule has 5 atom stereocenters. The van der Waals surface area contributed by atoms with E-state index in [1.807, 2.05) is 6.92 Å². The normalized spacial score (nSPS) is 34.6. The summed E-state index contributed by atoms with van der Waals surface area (Å²) in [5.41, 5.74) is -0.228. The van der Waals surface area contributed by atoms with Crippen LogP contribution in [0.1, 0.15) is 56.9 Å². The molecule has 2 saturated carbocycles. The van der Waals surface area contributed by atoms with Crippen molar-refractivity contribution >= 4 is 0 Å². The zero-order valence-corrected chi connectivity index (χ0v) is 14.1. The summed E-state index contributed by atoms with van der Waals surface area (Å²) in [7, 11) is 0. The van der Waals surface area contributed by atoms with Gasteiger partial charge in [-0.05, 0) is 55.2 Å². The van der Waals surface area contributed by atoms with E-state index in [2.05, 4.69) is 0 Å². The van der Waals surface area contributed by atoms with Gasteiger partial charge in [-0.25, -0.2) is 26.3 Å². The molecule has 6 heteroatoms. The SMILES string of the molecule is CCCC1CC2CCC(c3cc(F)c(F)c(F)c3)C(F)C(F)(F)C2C1.